The van der Waals surface area contributed by atoms with E-state index in [1.54, 1.807) is 0 Å². The molecule has 8 fully saturated rings. The zero-order valence-corrected chi connectivity index (χ0v) is 52.7. The fourth-order valence-corrected chi connectivity index (χ4v) is 13.5. The van der Waals surface area contributed by atoms with Crippen molar-refractivity contribution in [2.24, 2.45) is 17.8 Å². The highest BCUT2D eigenvalue weighted by molar-refractivity contribution is 5.74. The molecule has 13 unspecified atom stereocenters. The SMILES string of the molecule is CC(=O)NC1C(O)[C@H](O[C@@H]2OC3CC(O)(O)[C@@H]3[C@H](O[C@]3(OC=O)C[C@@H](O)[C@@H](C)C([C@H](O)[C@H](O)CO)O3)C2O)[C@H](CO)O[C@H]1OCCC1[C@@H](OCC2O[C@@H](O[C@@H]3C(CO)O[C@@H](O[C@@H]4C(CO)O[C@@H](C)C(NC(C)=O)[C@H]4O)C(NC(C)=O)[C@H]3O)C(O)[C@@H](O)[C@@H]2O)OC(CO)[C@@H](O)[C@@H]1O. The van der Waals surface area contributed by atoms with Gasteiger partial charge in [0.15, 0.2) is 37.2 Å². The third-order valence-corrected chi connectivity index (χ3v) is 18.7. The lowest BCUT2D eigenvalue weighted by molar-refractivity contribution is -0.470. The summed E-state index contributed by atoms with van der Waals surface area (Å²) in [6.07, 6.45) is -52.2. The minimum Gasteiger partial charge on any atom is -0.410 e. The van der Waals surface area contributed by atoms with Crippen molar-refractivity contribution in [1.82, 2.24) is 16.0 Å². The van der Waals surface area contributed by atoms with Crippen LogP contribution in [0.15, 0.2) is 0 Å². The number of hydrogen-bond donors (Lipinski definition) is 22. The first-order chi connectivity index (χ1) is 45.3. The minimum atomic E-state index is -2.74. The summed E-state index contributed by atoms with van der Waals surface area (Å²) in [6.45, 7) is 0.111. The zero-order valence-electron chi connectivity index (χ0n) is 52.7. The number of fused-ring (bicyclic) bond motifs is 1. The number of carbonyl (C=O) groups excluding carboxylic acids is 4. The lowest BCUT2D eigenvalue weighted by Gasteiger charge is -2.58. The molecule has 0 aromatic heterocycles. The summed E-state index contributed by atoms with van der Waals surface area (Å²) in [4.78, 5) is 49.3. The van der Waals surface area contributed by atoms with Crippen molar-refractivity contribution in [3.8, 4) is 0 Å². The van der Waals surface area contributed by atoms with Crippen molar-refractivity contribution >= 4 is 24.2 Å². The van der Waals surface area contributed by atoms with E-state index in [1.165, 1.54) is 20.8 Å². The molecule has 7 saturated heterocycles. The van der Waals surface area contributed by atoms with Crippen LogP contribution in [0.25, 0.3) is 0 Å². The number of amides is 3. The van der Waals surface area contributed by atoms with Gasteiger partial charge >= 0.3 is 5.97 Å². The Morgan fingerprint density at radius 1 is 0.542 bits per heavy atom. The Morgan fingerprint density at radius 2 is 1.03 bits per heavy atom. The highest BCUT2D eigenvalue weighted by Gasteiger charge is 2.67. The minimum absolute atomic E-state index is 0.174. The van der Waals surface area contributed by atoms with E-state index in [0.29, 0.717) is 0 Å². The molecule has 40 heteroatoms. The summed E-state index contributed by atoms with van der Waals surface area (Å²) in [7, 11) is 0. The van der Waals surface area contributed by atoms with Crippen LogP contribution in [0.4, 0.5) is 0 Å². The van der Waals surface area contributed by atoms with Gasteiger partial charge in [0.05, 0.1) is 95.1 Å². The molecule has 36 atom stereocenters. The second kappa shape index (κ2) is 33.2. The van der Waals surface area contributed by atoms with E-state index in [2.05, 4.69) is 16.0 Å². The summed E-state index contributed by atoms with van der Waals surface area (Å²) in [5, 5.41) is 216. The Morgan fingerprint density at radius 3 is 1.57 bits per heavy atom. The summed E-state index contributed by atoms with van der Waals surface area (Å²) in [5.41, 5.74) is 0. The summed E-state index contributed by atoms with van der Waals surface area (Å²) < 4.78 is 82.5. The topological polar surface area (TPSA) is 618 Å². The molecule has 0 aromatic carbocycles. The van der Waals surface area contributed by atoms with Gasteiger partial charge in [-0.05, 0) is 13.3 Å². The Kier molecular flexibility index (Phi) is 27.0. The van der Waals surface area contributed by atoms with Crippen LogP contribution in [0, 0.1) is 17.8 Å². The number of hydrogen-bond acceptors (Lipinski definition) is 37. The van der Waals surface area contributed by atoms with E-state index in [-0.39, 0.29) is 12.9 Å². The average molecular weight is 1400 g/mol. The molecule has 96 heavy (non-hydrogen) atoms. The molecule has 0 spiro atoms. The van der Waals surface area contributed by atoms with Crippen LogP contribution in [-0.2, 0) is 85.5 Å². The van der Waals surface area contributed by atoms with Crippen LogP contribution in [0.2, 0.25) is 0 Å². The fourth-order valence-electron chi connectivity index (χ4n) is 13.5. The molecule has 0 aromatic rings. The molecule has 7 aliphatic heterocycles. The monoisotopic (exact) mass is 1400 g/mol. The van der Waals surface area contributed by atoms with E-state index in [1.807, 2.05) is 0 Å². The van der Waals surface area contributed by atoms with Crippen molar-refractivity contribution in [1.29, 1.82) is 0 Å². The van der Waals surface area contributed by atoms with Crippen LogP contribution in [0.1, 0.15) is 53.9 Å². The van der Waals surface area contributed by atoms with Crippen LogP contribution < -0.4 is 16.0 Å². The molecule has 0 radical (unpaired) electrons. The van der Waals surface area contributed by atoms with Gasteiger partial charge in [-0.15, -0.1) is 0 Å². The van der Waals surface area contributed by atoms with Gasteiger partial charge in [0, 0.05) is 39.0 Å². The molecule has 8 aliphatic rings. The summed E-state index contributed by atoms with van der Waals surface area (Å²) >= 11 is 0. The van der Waals surface area contributed by atoms with Crippen LogP contribution >= 0.6 is 0 Å². The predicted octanol–water partition coefficient (Wildman–Crippen LogP) is -13.3. The first-order valence-corrected chi connectivity index (χ1v) is 31.4. The van der Waals surface area contributed by atoms with Gasteiger partial charge in [-0.25, -0.2) is 0 Å². The summed E-state index contributed by atoms with van der Waals surface area (Å²) in [6, 6.07) is -4.35. The summed E-state index contributed by atoms with van der Waals surface area (Å²) in [5.74, 6) is -11.5. The number of nitrogens with one attached hydrogen (secondary N) is 3. The van der Waals surface area contributed by atoms with Crippen molar-refractivity contribution in [3.63, 3.8) is 0 Å². The Balaban J connectivity index is 0.937. The molecule has 3 amide bonds. The Hall–Kier alpha value is -3.40. The van der Waals surface area contributed by atoms with Crippen molar-refractivity contribution in [2.45, 2.75) is 262 Å². The predicted molar refractivity (Wildman–Crippen MR) is 301 cm³/mol. The first kappa shape index (κ1) is 78.3. The van der Waals surface area contributed by atoms with Gasteiger partial charge in [0.25, 0.3) is 6.47 Å². The molecule has 40 nitrogen and oxygen atoms in total. The van der Waals surface area contributed by atoms with Crippen LogP contribution in [-0.4, -0.2) is 375 Å². The number of aliphatic hydroxyl groups is 19. The van der Waals surface area contributed by atoms with E-state index in [9.17, 15) is 116 Å². The van der Waals surface area contributed by atoms with Crippen LogP contribution in [0.3, 0.4) is 0 Å². The van der Waals surface area contributed by atoms with Gasteiger partial charge in [0.2, 0.25) is 17.7 Å². The molecule has 7 heterocycles. The molecule has 22 N–H and O–H groups in total. The number of carbonyl (C=O) groups is 4. The molecular formula is C56H93N3O37. The first-order valence-electron chi connectivity index (χ1n) is 31.4. The van der Waals surface area contributed by atoms with Gasteiger partial charge in [-0.2, -0.15) is 0 Å². The van der Waals surface area contributed by atoms with Gasteiger partial charge < -0.3 is 179 Å². The molecule has 1 saturated carbocycles. The van der Waals surface area contributed by atoms with E-state index in [0.717, 1.165) is 13.8 Å². The highest BCUT2D eigenvalue weighted by atomic mass is 16.9. The van der Waals surface area contributed by atoms with Crippen molar-refractivity contribution in [2.75, 3.05) is 46.2 Å². The van der Waals surface area contributed by atoms with Gasteiger partial charge in [-0.3, -0.25) is 19.2 Å². The lowest BCUT2D eigenvalue weighted by Crippen LogP contribution is -2.74. The quantitative estimate of drug-likeness (QED) is 0.0268. The molecule has 1 aliphatic carbocycles. The maximum absolute atomic E-state index is 12.7. The number of aliphatic hydroxyl groups excluding tert-OH is 17. The second-order valence-corrected chi connectivity index (χ2v) is 25.4. The Bertz CT molecular complexity index is 2520. The average Bonchev–Trinajstić information content (AvgIpc) is 0.718. The second-order valence-electron chi connectivity index (χ2n) is 25.4. The van der Waals surface area contributed by atoms with E-state index in [4.69, 9.17) is 66.3 Å². The normalized spacial score (nSPS) is 47.1. The third-order valence-electron chi connectivity index (χ3n) is 18.7. The largest absolute Gasteiger partial charge is 0.410 e. The zero-order chi connectivity index (χ0) is 70.7. The number of rotatable bonds is 27. The maximum atomic E-state index is 12.7. The lowest BCUT2D eigenvalue weighted by atomic mass is 9.68. The Labute approximate surface area is 547 Å². The van der Waals surface area contributed by atoms with Crippen molar-refractivity contribution in [3.05, 3.63) is 0 Å². The van der Waals surface area contributed by atoms with E-state index < -0.39 is 302 Å². The third kappa shape index (κ3) is 16.9. The standard InChI is InChI=1S/C56H93N3O37/c1-17-23(69)8-56(85-16-65,95-45(17)36(72)24(70)10-60)96-49-31-25(9-55(31,81)82)87-54(44(49)80)94-47-28(13-63)89-51(33(40(47)76)58-20(4)67)83-7-6-22-35(71)37(73)26(11-61)88-50(22)84-15-30-38(74)42(78)43(79)53(91-30)93-48-29(14-64)90-52(34(41(48)77)59-21(5)68)92-46-27(12-62)86-18(2)32(39(46)75)57-19(3)66/h16-18,22-54,60-64,69-82H,6-15H2,1-5H3,(H,57,66)(H,58,67)(H,59,68)/t17-,18+,22?,23-,24-,25?,26?,27?,28+,29?,30?,31+,32?,33?,34?,35-,36-,37-,38-,39-,40?,41-,42+,43?,44?,45?,46-,47-,48-,49+,50+,51-,52+,53+,54+,56+/m1/s1. The fraction of sp³-hybridized carbons (Fsp3) is 0.929. The van der Waals surface area contributed by atoms with Crippen molar-refractivity contribution < 1.29 is 183 Å². The van der Waals surface area contributed by atoms with Crippen LogP contribution in [0.5, 0.6) is 0 Å². The molecule has 8 rings (SSSR count). The number of ether oxygens (including phenoxy) is 14. The maximum Gasteiger partial charge on any atom is 0.332 e. The van der Waals surface area contributed by atoms with E-state index >= 15 is 0 Å². The molecule has 554 valence electrons. The van der Waals surface area contributed by atoms with Gasteiger partial charge in [-0.1, -0.05) is 6.92 Å². The highest BCUT2D eigenvalue weighted by Crippen LogP contribution is 2.51. The smallest absolute Gasteiger partial charge is 0.332 e. The molecule has 0 bridgehead atoms. The molecular weight excluding hydrogens is 1310 g/mol. The van der Waals surface area contributed by atoms with Gasteiger partial charge in [0.1, 0.15) is 128 Å².